The molecule has 3 N–H and O–H groups in total. The summed E-state index contributed by atoms with van der Waals surface area (Å²) in [7, 11) is 0. The Hall–Kier alpha value is -2.07. The minimum atomic E-state index is 0.0147. The smallest absolute Gasteiger partial charge is 0.120 e. The van der Waals surface area contributed by atoms with E-state index in [4.69, 9.17) is 5.84 Å². The molecule has 4 nitrogen and oxygen atoms in total. The summed E-state index contributed by atoms with van der Waals surface area (Å²) >= 11 is 0. The summed E-state index contributed by atoms with van der Waals surface area (Å²) in [6.07, 6.45) is 11.0. The van der Waals surface area contributed by atoms with E-state index in [1.165, 1.54) is 10.7 Å². The molecule has 1 aromatic carbocycles. The molecule has 0 atom stereocenters. The molecule has 0 unspecified atom stereocenters. The SMILES string of the molecule is CC(C)(C)CC(C)(C)c1ccc(O)c(CN(N)/N=C2/C=CCC=CC2)c1. The van der Waals surface area contributed by atoms with Crippen LogP contribution in [0.5, 0.6) is 5.75 Å². The van der Waals surface area contributed by atoms with Crippen molar-refractivity contribution in [1.82, 2.24) is 5.12 Å². The summed E-state index contributed by atoms with van der Waals surface area (Å²) in [6.45, 7) is 11.6. The van der Waals surface area contributed by atoms with E-state index in [0.29, 0.717) is 6.54 Å². The van der Waals surface area contributed by atoms with E-state index >= 15 is 0 Å². The fraction of sp³-hybridized carbons (Fsp3) is 0.500. The van der Waals surface area contributed by atoms with Crippen LogP contribution in [0.15, 0.2) is 47.6 Å². The highest BCUT2D eigenvalue weighted by atomic mass is 16.3. The number of nitrogens with two attached hydrogens (primary N) is 1. The molecule has 4 heteroatoms. The first-order valence-corrected chi connectivity index (χ1v) is 9.30. The molecule has 0 radical (unpaired) electrons. The van der Waals surface area contributed by atoms with Gasteiger partial charge in [0, 0.05) is 12.0 Å². The number of hydrogen-bond acceptors (Lipinski definition) is 4. The topological polar surface area (TPSA) is 61.8 Å². The summed E-state index contributed by atoms with van der Waals surface area (Å²) in [5.74, 6) is 6.35. The van der Waals surface area contributed by atoms with Crippen molar-refractivity contribution in [3.8, 4) is 5.75 Å². The standard InChI is InChI=1S/C22H33N3O/c1-21(2,3)16-22(4,5)18-12-13-20(26)17(14-18)15-25(23)24-19-10-8-6-7-9-11-19/h6,8-9,11-14,26H,7,10,15-16,23H2,1-5H3/b24-19+. The molecule has 0 aliphatic heterocycles. The zero-order chi connectivity index (χ0) is 19.4. The maximum absolute atomic E-state index is 10.3. The highest BCUT2D eigenvalue weighted by Gasteiger charge is 2.27. The van der Waals surface area contributed by atoms with Crippen molar-refractivity contribution in [3.63, 3.8) is 0 Å². The number of rotatable bonds is 5. The van der Waals surface area contributed by atoms with Gasteiger partial charge in [0.2, 0.25) is 0 Å². The molecule has 1 aliphatic carbocycles. The van der Waals surface area contributed by atoms with Crippen LogP contribution in [-0.4, -0.2) is 15.9 Å². The number of hydrogen-bond donors (Lipinski definition) is 2. The number of benzene rings is 1. The second-order valence-corrected chi connectivity index (χ2v) is 8.97. The van der Waals surface area contributed by atoms with Gasteiger partial charge in [-0.05, 0) is 47.4 Å². The molecule has 1 aliphatic rings. The second-order valence-electron chi connectivity index (χ2n) is 8.97. The third-order valence-electron chi connectivity index (χ3n) is 4.50. The highest BCUT2D eigenvalue weighted by molar-refractivity contribution is 5.96. The van der Waals surface area contributed by atoms with E-state index in [2.05, 4.69) is 64.0 Å². The molecule has 0 saturated heterocycles. The van der Waals surface area contributed by atoms with Crippen molar-refractivity contribution in [1.29, 1.82) is 0 Å². The van der Waals surface area contributed by atoms with Crippen molar-refractivity contribution >= 4 is 5.71 Å². The third kappa shape index (κ3) is 6.03. The van der Waals surface area contributed by atoms with Crippen molar-refractivity contribution < 1.29 is 5.11 Å². The fourth-order valence-corrected chi connectivity index (χ4v) is 3.66. The number of allylic oxidation sites excluding steroid dienone is 4. The third-order valence-corrected chi connectivity index (χ3v) is 4.50. The Balaban J connectivity index is 2.19. The summed E-state index contributed by atoms with van der Waals surface area (Å²) < 4.78 is 0. The van der Waals surface area contributed by atoms with Gasteiger partial charge in [-0.2, -0.15) is 5.10 Å². The number of phenols is 1. The van der Waals surface area contributed by atoms with Gasteiger partial charge in [-0.15, -0.1) is 0 Å². The average Bonchev–Trinajstić information content (AvgIpc) is 2.75. The lowest BCUT2D eigenvalue weighted by Gasteiger charge is -2.33. The average molecular weight is 356 g/mol. The van der Waals surface area contributed by atoms with E-state index in [9.17, 15) is 5.11 Å². The van der Waals surface area contributed by atoms with Gasteiger partial charge in [0.1, 0.15) is 5.75 Å². The lowest BCUT2D eigenvalue weighted by Crippen LogP contribution is -2.27. The molecule has 0 fully saturated rings. The van der Waals surface area contributed by atoms with Crippen LogP contribution in [0.4, 0.5) is 0 Å². The van der Waals surface area contributed by atoms with Gasteiger partial charge in [0.25, 0.3) is 0 Å². The molecule has 1 aromatic rings. The van der Waals surface area contributed by atoms with E-state index in [0.717, 1.165) is 30.5 Å². The van der Waals surface area contributed by atoms with Gasteiger partial charge in [-0.25, -0.2) is 11.0 Å². The monoisotopic (exact) mass is 355 g/mol. The van der Waals surface area contributed by atoms with Crippen LogP contribution in [0, 0.1) is 5.41 Å². The fourth-order valence-electron chi connectivity index (χ4n) is 3.66. The lowest BCUT2D eigenvalue weighted by molar-refractivity contribution is 0.278. The first kappa shape index (κ1) is 20.2. The largest absolute Gasteiger partial charge is 0.508 e. The zero-order valence-electron chi connectivity index (χ0n) is 16.8. The zero-order valence-corrected chi connectivity index (χ0v) is 16.8. The first-order valence-electron chi connectivity index (χ1n) is 9.30. The van der Waals surface area contributed by atoms with Crippen LogP contribution < -0.4 is 5.84 Å². The summed E-state index contributed by atoms with van der Waals surface area (Å²) in [5.41, 5.74) is 3.17. The van der Waals surface area contributed by atoms with E-state index in [1.807, 2.05) is 12.1 Å². The van der Waals surface area contributed by atoms with Crippen molar-refractivity contribution in [2.75, 3.05) is 0 Å². The molecule has 0 bridgehead atoms. The van der Waals surface area contributed by atoms with Crippen LogP contribution in [-0.2, 0) is 12.0 Å². The quantitative estimate of drug-likeness (QED) is 0.442. The molecule has 0 saturated carbocycles. The van der Waals surface area contributed by atoms with Gasteiger partial charge in [-0.1, -0.05) is 58.9 Å². The van der Waals surface area contributed by atoms with Gasteiger partial charge < -0.3 is 5.11 Å². The lowest BCUT2D eigenvalue weighted by atomic mass is 9.72. The highest BCUT2D eigenvalue weighted by Crippen LogP contribution is 2.37. The van der Waals surface area contributed by atoms with Crippen LogP contribution in [0.1, 0.15) is 65.0 Å². The second kappa shape index (κ2) is 8.09. The Labute approximate surface area is 158 Å². The normalized spacial score (nSPS) is 16.8. The molecule has 0 spiro atoms. The summed E-state index contributed by atoms with van der Waals surface area (Å²) in [4.78, 5) is 0. The Bertz CT molecular complexity index is 709. The Morgan fingerprint density at radius 2 is 1.85 bits per heavy atom. The number of phenolic OH excluding ortho intramolecular Hbond substituents is 1. The molecule has 0 aromatic heterocycles. The minimum Gasteiger partial charge on any atom is -0.508 e. The van der Waals surface area contributed by atoms with Crippen molar-refractivity contribution in [2.45, 2.75) is 65.8 Å². The van der Waals surface area contributed by atoms with Gasteiger partial charge >= 0.3 is 0 Å². The number of aromatic hydroxyl groups is 1. The van der Waals surface area contributed by atoms with Crippen molar-refractivity contribution in [3.05, 3.63) is 53.6 Å². The van der Waals surface area contributed by atoms with E-state index in [1.54, 1.807) is 6.07 Å². The maximum atomic E-state index is 10.3. The van der Waals surface area contributed by atoms with E-state index in [-0.39, 0.29) is 16.6 Å². The minimum absolute atomic E-state index is 0.0147. The predicted octanol–water partition coefficient (Wildman–Crippen LogP) is 5.04. The van der Waals surface area contributed by atoms with Crippen LogP contribution >= 0.6 is 0 Å². The predicted molar refractivity (Wildman–Crippen MR) is 110 cm³/mol. The summed E-state index contributed by atoms with van der Waals surface area (Å²) in [6, 6.07) is 5.84. The van der Waals surface area contributed by atoms with E-state index < -0.39 is 0 Å². The molecule has 0 heterocycles. The molecule has 142 valence electrons. The van der Waals surface area contributed by atoms with Crippen LogP contribution in [0.2, 0.25) is 0 Å². The molecular weight excluding hydrogens is 322 g/mol. The maximum Gasteiger partial charge on any atom is 0.120 e. The molecule has 26 heavy (non-hydrogen) atoms. The molecular formula is C22H33N3O. The number of nitrogens with zero attached hydrogens (tertiary/aromatic N) is 2. The number of hydrazine groups is 1. The summed E-state index contributed by atoms with van der Waals surface area (Å²) in [5, 5.41) is 16.2. The first-order chi connectivity index (χ1) is 12.1. The van der Waals surface area contributed by atoms with Crippen LogP contribution in [0.3, 0.4) is 0 Å². The van der Waals surface area contributed by atoms with Gasteiger partial charge in [0.15, 0.2) is 0 Å². The van der Waals surface area contributed by atoms with Gasteiger partial charge in [0.05, 0.1) is 12.3 Å². The van der Waals surface area contributed by atoms with Crippen molar-refractivity contribution in [2.24, 2.45) is 16.4 Å². The Morgan fingerprint density at radius 1 is 1.12 bits per heavy atom. The molecule has 2 rings (SSSR count). The van der Waals surface area contributed by atoms with Crippen LogP contribution in [0.25, 0.3) is 0 Å². The molecule has 0 amide bonds. The number of hydrazone groups is 1. The Kier molecular flexibility index (Phi) is 6.30. The Morgan fingerprint density at radius 3 is 2.54 bits per heavy atom. The van der Waals surface area contributed by atoms with Gasteiger partial charge in [-0.3, -0.25) is 0 Å².